The number of likely N-dealkylation sites (tertiary alicyclic amines) is 1. The summed E-state index contributed by atoms with van der Waals surface area (Å²) in [6.45, 7) is 4.34. The third-order valence-corrected chi connectivity index (χ3v) is 9.97. The number of pyridine rings is 1. The number of hydrogen-bond acceptors (Lipinski definition) is 8. The molecular weight excluding hydrogens is 662 g/mol. The Labute approximate surface area is 299 Å². The first-order valence-corrected chi connectivity index (χ1v) is 17.7. The summed E-state index contributed by atoms with van der Waals surface area (Å²) in [7, 11) is 0. The van der Waals surface area contributed by atoms with Crippen LogP contribution in [0.4, 0.5) is 31.8 Å². The van der Waals surface area contributed by atoms with Crippen molar-refractivity contribution in [3.8, 4) is 28.4 Å². The highest BCUT2D eigenvalue weighted by Crippen LogP contribution is 2.35. The zero-order valence-electron chi connectivity index (χ0n) is 28.5. The number of hydrogen-bond donors (Lipinski definition) is 3. The SMILES string of the molecule is O=C(Nc1ccc(F)cc1F)c1cccc(-c2nc3ccccn3c2-c2ccnc(Nc3ccc(N4CCC(N5CCCCC5)CC4)cc3O)n2)c1. The van der Waals surface area contributed by atoms with E-state index in [1.165, 1.54) is 38.4 Å². The first kappa shape index (κ1) is 33.3. The Morgan fingerprint density at radius 3 is 2.46 bits per heavy atom. The molecule has 0 aliphatic carbocycles. The van der Waals surface area contributed by atoms with Crippen LogP contribution >= 0.6 is 0 Å². The summed E-state index contributed by atoms with van der Waals surface area (Å²) in [5, 5.41) is 16.8. The summed E-state index contributed by atoms with van der Waals surface area (Å²) < 4.78 is 29.6. The summed E-state index contributed by atoms with van der Waals surface area (Å²) in [6, 6.07) is 23.5. The Kier molecular flexibility index (Phi) is 9.21. The Balaban J connectivity index is 1.03. The molecule has 12 heteroatoms. The van der Waals surface area contributed by atoms with E-state index in [9.17, 15) is 18.7 Å². The van der Waals surface area contributed by atoms with Gasteiger partial charge in [0.05, 0.1) is 28.5 Å². The molecule has 0 spiro atoms. The maximum Gasteiger partial charge on any atom is 0.255 e. The van der Waals surface area contributed by atoms with E-state index in [-0.39, 0.29) is 22.9 Å². The van der Waals surface area contributed by atoms with Crippen molar-refractivity contribution < 1.29 is 18.7 Å². The monoisotopic (exact) mass is 700 g/mol. The van der Waals surface area contributed by atoms with Crippen molar-refractivity contribution in [3.63, 3.8) is 0 Å². The standard InChI is InChI=1S/C40H38F2N8O2/c41-28-10-12-32(31(42)24-28)44-39(52)27-8-6-7-26(23-27)37-38(50-20-5-2-9-36(50)47-37)34-14-17-43-40(46-34)45-33-13-11-30(25-35(33)51)49-21-15-29(16-22-49)48-18-3-1-4-19-48/h2,5-14,17,20,23-25,29,51H,1,3-4,15-16,18-19,21-22H2,(H,44,52)(H,43,45,46). The van der Waals surface area contributed by atoms with Gasteiger partial charge in [0.1, 0.15) is 23.0 Å². The molecule has 0 bridgehead atoms. The van der Waals surface area contributed by atoms with E-state index in [4.69, 9.17) is 9.97 Å². The fraction of sp³-hybridized carbons (Fsp3) is 0.250. The highest BCUT2D eigenvalue weighted by atomic mass is 19.1. The van der Waals surface area contributed by atoms with Gasteiger partial charge in [-0.15, -0.1) is 0 Å². The average molecular weight is 701 g/mol. The third-order valence-electron chi connectivity index (χ3n) is 9.97. The average Bonchev–Trinajstić information content (AvgIpc) is 3.57. The molecule has 8 rings (SSSR count). The van der Waals surface area contributed by atoms with Crippen molar-refractivity contribution in [2.75, 3.05) is 41.7 Å². The Bertz CT molecular complexity index is 2250. The molecule has 6 aromatic rings. The van der Waals surface area contributed by atoms with Crippen molar-refractivity contribution in [3.05, 3.63) is 115 Å². The molecule has 0 saturated carbocycles. The largest absolute Gasteiger partial charge is 0.506 e. The minimum absolute atomic E-state index is 0.107. The normalized spacial score (nSPS) is 15.5. The number of imidazole rings is 1. The van der Waals surface area contributed by atoms with Crippen LogP contribution in [-0.2, 0) is 0 Å². The number of carbonyl (C=O) groups is 1. The molecule has 3 N–H and O–H groups in total. The van der Waals surface area contributed by atoms with Crippen LogP contribution in [0.25, 0.3) is 28.3 Å². The van der Waals surface area contributed by atoms with E-state index in [0.717, 1.165) is 43.8 Å². The number of aromatic nitrogens is 4. The fourth-order valence-electron chi connectivity index (χ4n) is 7.30. The van der Waals surface area contributed by atoms with Crippen LogP contribution in [0.15, 0.2) is 97.3 Å². The summed E-state index contributed by atoms with van der Waals surface area (Å²) in [6.07, 6.45) is 9.71. The molecule has 0 unspecified atom stereocenters. The number of amides is 1. The van der Waals surface area contributed by atoms with E-state index < -0.39 is 17.5 Å². The van der Waals surface area contributed by atoms with E-state index >= 15 is 0 Å². The van der Waals surface area contributed by atoms with Crippen molar-refractivity contribution >= 4 is 34.6 Å². The lowest BCUT2D eigenvalue weighted by atomic mass is 9.99. The van der Waals surface area contributed by atoms with Crippen LogP contribution in [-0.4, -0.2) is 67.5 Å². The topological polar surface area (TPSA) is 111 Å². The predicted octanol–water partition coefficient (Wildman–Crippen LogP) is 7.89. The van der Waals surface area contributed by atoms with Gasteiger partial charge in [0, 0.05) is 60.5 Å². The fourth-order valence-corrected chi connectivity index (χ4v) is 7.30. The van der Waals surface area contributed by atoms with Gasteiger partial charge in [-0.25, -0.2) is 23.7 Å². The van der Waals surface area contributed by atoms with E-state index in [2.05, 4.69) is 25.4 Å². The van der Waals surface area contributed by atoms with Crippen molar-refractivity contribution in [2.24, 2.45) is 0 Å². The van der Waals surface area contributed by atoms with Gasteiger partial charge in [-0.3, -0.25) is 9.20 Å². The van der Waals surface area contributed by atoms with Gasteiger partial charge in [0.25, 0.3) is 5.91 Å². The van der Waals surface area contributed by atoms with Crippen LogP contribution in [0.3, 0.4) is 0 Å². The zero-order chi connectivity index (χ0) is 35.6. The molecule has 5 heterocycles. The summed E-state index contributed by atoms with van der Waals surface area (Å²) in [5.41, 5.74) is 4.69. The van der Waals surface area contributed by atoms with Crippen molar-refractivity contribution in [1.82, 2.24) is 24.3 Å². The van der Waals surface area contributed by atoms with Crippen LogP contribution in [0.2, 0.25) is 0 Å². The van der Waals surface area contributed by atoms with Gasteiger partial charge in [0.2, 0.25) is 5.95 Å². The predicted molar refractivity (Wildman–Crippen MR) is 198 cm³/mol. The molecule has 10 nitrogen and oxygen atoms in total. The highest BCUT2D eigenvalue weighted by Gasteiger charge is 2.26. The summed E-state index contributed by atoms with van der Waals surface area (Å²) in [5.74, 6) is -1.76. The zero-order valence-corrected chi connectivity index (χ0v) is 28.5. The summed E-state index contributed by atoms with van der Waals surface area (Å²) >= 11 is 0. The van der Waals surface area contributed by atoms with Crippen LogP contribution < -0.4 is 15.5 Å². The lowest BCUT2D eigenvalue weighted by Crippen LogP contribution is -2.46. The molecule has 3 aromatic carbocycles. The highest BCUT2D eigenvalue weighted by molar-refractivity contribution is 6.05. The first-order valence-electron chi connectivity index (χ1n) is 17.7. The van der Waals surface area contributed by atoms with Crippen LogP contribution in [0, 0.1) is 11.6 Å². The number of phenols is 1. The van der Waals surface area contributed by atoms with Gasteiger partial charge >= 0.3 is 0 Å². The van der Waals surface area contributed by atoms with E-state index in [1.807, 2.05) is 47.0 Å². The molecule has 0 atom stereocenters. The quantitative estimate of drug-likeness (QED) is 0.138. The maximum absolute atomic E-state index is 14.3. The number of anilines is 4. The number of nitrogens with one attached hydrogen (secondary N) is 2. The Morgan fingerprint density at radius 1 is 0.827 bits per heavy atom. The molecule has 2 aliphatic rings. The first-order chi connectivity index (χ1) is 25.4. The van der Waals surface area contributed by atoms with E-state index in [0.29, 0.717) is 40.0 Å². The molecule has 2 fully saturated rings. The van der Waals surface area contributed by atoms with Gasteiger partial charge in [-0.05, 0) is 93.4 Å². The second kappa shape index (κ2) is 14.4. The molecule has 52 heavy (non-hydrogen) atoms. The molecule has 264 valence electrons. The van der Waals surface area contributed by atoms with Crippen LogP contribution in [0.1, 0.15) is 42.5 Å². The second-order valence-corrected chi connectivity index (χ2v) is 13.3. The lowest BCUT2D eigenvalue weighted by molar-refractivity contribution is 0.102. The molecule has 2 aliphatic heterocycles. The van der Waals surface area contributed by atoms with Gasteiger partial charge in [-0.2, -0.15) is 0 Å². The number of rotatable bonds is 8. The minimum Gasteiger partial charge on any atom is -0.506 e. The van der Waals surface area contributed by atoms with Gasteiger partial charge in [0.15, 0.2) is 0 Å². The Hall–Kier alpha value is -5.88. The number of phenolic OH excluding ortho intramolecular Hbond substituents is 1. The molecule has 3 aromatic heterocycles. The number of piperidine rings is 2. The van der Waals surface area contributed by atoms with Gasteiger partial charge in [-0.1, -0.05) is 24.6 Å². The van der Waals surface area contributed by atoms with Crippen molar-refractivity contribution in [2.45, 2.75) is 38.1 Å². The smallest absolute Gasteiger partial charge is 0.255 e. The number of carbonyl (C=O) groups excluding carboxylic acids is 1. The molecule has 2 saturated heterocycles. The minimum atomic E-state index is -0.868. The number of halogens is 2. The Morgan fingerprint density at radius 2 is 1.65 bits per heavy atom. The van der Waals surface area contributed by atoms with E-state index in [1.54, 1.807) is 36.5 Å². The number of fused-ring (bicyclic) bond motifs is 1. The molecule has 1 amide bonds. The lowest BCUT2D eigenvalue weighted by Gasteiger charge is -2.41. The van der Waals surface area contributed by atoms with Gasteiger partial charge < -0.3 is 25.5 Å². The van der Waals surface area contributed by atoms with Crippen molar-refractivity contribution in [1.29, 1.82) is 0 Å². The number of benzene rings is 3. The molecule has 0 radical (unpaired) electrons. The number of aromatic hydroxyl groups is 1. The van der Waals surface area contributed by atoms with Crippen LogP contribution in [0.5, 0.6) is 5.75 Å². The molecular formula is C40H38F2N8O2. The number of nitrogens with zero attached hydrogens (tertiary/aromatic N) is 6. The second-order valence-electron chi connectivity index (χ2n) is 13.3. The maximum atomic E-state index is 14.3. The summed E-state index contributed by atoms with van der Waals surface area (Å²) in [4.78, 5) is 32.3. The third kappa shape index (κ3) is 6.89.